The van der Waals surface area contributed by atoms with E-state index in [0.717, 1.165) is 23.9 Å². The monoisotopic (exact) mass is 927 g/mol. The number of hydrogen-bond acceptors (Lipinski definition) is 25. The van der Waals surface area contributed by atoms with Crippen molar-refractivity contribution in [2.24, 2.45) is 20.5 Å². The molecule has 0 aliphatic rings. The molecule has 0 spiro atoms. The molecule has 312 valence electrons. The molecule has 0 aliphatic heterocycles. The number of hydrogen-bond donors (Lipinski definition) is 6. The van der Waals surface area contributed by atoms with Gasteiger partial charge in [-0.25, -0.2) is 23.1 Å². The van der Waals surface area contributed by atoms with E-state index in [4.69, 9.17) is 30.1 Å². The fraction of sp³-hybridized carbons (Fsp3) is 0.143. The first-order valence-electron chi connectivity index (χ1n) is 14.7. The molecule has 0 atom stereocenters. The number of nitrogens with two attached hydrogens (primary N) is 1. The highest BCUT2D eigenvalue weighted by Crippen LogP contribution is 2.48. The van der Waals surface area contributed by atoms with Gasteiger partial charge in [0.1, 0.15) is 28.5 Å². The number of methoxy groups -OCH3 is 1. The van der Waals surface area contributed by atoms with Crippen LogP contribution in [0.2, 0.25) is 0 Å². The SMILES string of the molecule is COc1cc(SC#COOS(=O)(=O)O)c(C)cc1N=Nc1c(SOOO)cc2c(/N=N\c3ccc(S(=O)(=O)CCOS(=O)(=O)O)cc3SOOO)c(N)ccc2c1O. The Morgan fingerprint density at radius 1 is 0.776 bits per heavy atom. The number of fused-ring (bicyclic) bond motifs is 1. The van der Waals surface area contributed by atoms with E-state index in [1.54, 1.807) is 13.0 Å². The topological polar surface area (TPSA) is 353 Å². The number of nitrogens with zero attached hydrogens (tertiary/aromatic N) is 4. The largest absolute Gasteiger partial charge is 0.505 e. The third-order valence-corrected chi connectivity index (χ3v) is 11.3. The standard InChI is InChI=1S/C28H25N5O19S6/c1-15-11-21(22(45-2)14-23(15)53-9-7-46-52-58(42,43)44)31-33-27-25(55-51-49-36)13-18-17(28(27)34)4-5-19(29)26(18)32-30-20-6-3-16(12-24(20)54-50-48-35)56(37,38)10-8-47-57(39,40)41/h3-6,11-14,34-36H,8,10,29H2,1-2H3,(H,39,40,41)(H,42,43,44)/b32-30-,33-31?. The molecule has 0 unspecified atom stereocenters. The molecule has 4 aromatic rings. The Kier molecular flexibility index (Phi) is 16.4. The van der Waals surface area contributed by atoms with Crippen molar-refractivity contribution in [2.75, 3.05) is 25.2 Å². The van der Waals surface area contributed by atoms with E-state index >= 15 is 0 Å². The van der Waals surface area contributed by atoms with Crippen molar-refractivity contribution in [3.8, 4) is 22.9 Å². The molecule has 58 heavy (non-hydrogen) atoms. The van der Waals surface area contributed by atoms with Gasteiger partial charge in [0.15, 0.2) is 21.7 Å². The van der Waals surface area contributed by atoms with E-state index in [0.29, 0.717) is 34.5 Å². The smallest absolute Gasteiger partial charge is 0.433 e. The summed E-state index contributed by atoms with van der Waals surface area (Å²) in [4.78, 5) is 4.13. The Bertz CT molecular complexity index is 2620. The lowest BCUT2D eigenvalue weighted by atomic mass is 10.1. The van der Waals surface area contributed by atoms with Crippen LogP contribution in [-0.2, 0) is 62.8 Å². The van der Waals surface area contributed by atoms with Gasteiger partial charge in [0.05, 0.1) is 63.9 Å². The molecule has 30 heteroatoms. The Balaban J connectivity index is 1.73. The molecule has 0 radical (unpaired) electrons. The molecule has 24 nitrogen and oxygen atoms in total. The number of nitrogen functional groups attached to an aromatic ring is 1. The number of aromatic hydroxyl groups is 1. The minimum atomic E-state index is -4.90. The lowest BCUT2D eigenvalue weighted by Gasteiger charge is -2.12. The Morgan fingerprint density at radius 3 is 2.10 bits per heavy atom. The van der Waals surface area contributed by atoms with Crippen molar-refractivity contribution >= 4 is 106 Å². The normalized spacial score (nSPS) is 12.3. The van der Waals surface area contributed by atoms with Crippen molar-refractivity contribution in [2.45, 2.75) is 26.5 Å². The van der Waals surface area contributed by atoms with Gasteiger partial charge in [-0.05, 0) is 77.1 Å². The second-order valence-electron chi connectivity index (χ2n) is 10.4. The molecular formula is C28H25N5O19S6. The van der Waals surface area contributed by atoms with Crippen LogP contribution < -0.4 is 10.5 Å². The third kappa shape index (κ3) is 13.1. The van der Waals surface area contributed by atoms with Crippen molar-refractivity contribution in [3.63, 3.8) is 0 Å². The Hall–Kier alpha value is -4.40. The van der Waals surface area contributed by atoms with E-state index in [-0.39, 0.29) is 59.6 Å². The summed E-state index contributed by atoms with van der Waals surface area (Å²) in [6, 6.07) is 10.6. The van der Waals surface area contributed by atoms with Crippen molar-refractivity contribution in [1.29, 1.82) is 0 Å². The maximum atomic E-state index is 12.8. The maximum Gasteiger partial charge on any atom is 0.433 e. The number of rotatable bonds is 19. The lowest BCUT2D eigenvalue weighted by Crippen LogP contribution is -2.15. The molecule has 0 heterocycles. The molecule has 0 amide bonds. The van der Waals surface area contributed by atoms with Crippen molar-refractivity contribution in [1.82, 2.24) is 0 Å². The average molecular weight is 928 g/mol. The number of phenolic OH excluding ortho intramolecular Hbond substituents is 1. The van der Waals surface area contributed by atoms with Crippen LogP contribution in [-0.4, -0.2) is 69.4 Å². The Morgan fingerprint density at radius 2 is 1.45 bits per heavy atom. The van der Waals surface area contributed by atoms with Crippen LogP contribution in [0.15, 0.2) is 88.6 Å². The molecule has 7 N–H and O–H groups in total. The zero-order valence-electron chi connectivity index (χ0n) is 28.8. The number of benzene rings is 4. The molecule has 0 fully saturated rings. The van der Waals surface area contributed by atoms with Crippen LogP contribution in [0.25, 0.3) is 10.8 Å². The molecule has 0 aliphatic carbocycles. The molecule has 0 saturated carbocycles. The summed E-state index contributed by atoms with van der Waals surface area (Å²) in [6.45, 7) is 0.780. The highest BCUT2D eigenvalue weighted by molar-refractivity contribution is 8.04. The summed E-state index contributed by atoms with van der Waals surface area (Å²) in [5.41, 5.74) is 6.72. The van der Waals surface area contributed by atoms with Crippen LogP contribution in [0.3, 0.4) is 0 Å². The minimum Gasteiger partial charge on any atom is -0.505 e. The fourth-order valence-electron chi connectivity index (χ4n) is 4.37. The highest BCUT2D eigenvalue weighted by Gasteiger charge is 2.21. The number of anilines is 1. The molecule has 0 bridgehead atoms. The zero-order valence-corrected chi connectivity index (χ0v) is 33.7. The summed E-state index contributed by atoms with van der Waals surface area (Å²) in [5.74, 6) is -1.16. The van der Waals surface area contributed by atoms with Gasteiger partial charge in [-0.1, -0.05) is 10.1 Å². The predicted molar refractivity (Wildman–Crippen MR) is 201 cm³/mol. The summed E-state index contributed by atoms with van der Waals surface area (Å²) in [7, 11) is -12.6. The lowest BCUT2D eigenvalue weighted by molar-refractivity contribution is -0.432. The van der Waals surface area contributed by atoms with Gasteiger partial charge < -0.3 is 15.6 Å². The quantitative estimate of drug-likeness (QED) is 0.00855. The first-order valence-corrected chi connectivity index (χ1v) is 21.4. The van der Waals surface area contributed by atoms with Crippen molar-refractivity contribution < 1.29 is 86.9 Å². The van der Waals surface area contributed by atoms with E-state index in [9.17, 15) is 30.4 Å². The van der Waals surface area contributed by atoms with E-state index in [1.807, 2.05) is 6.11 Å². The third-order valence-electron chi connectivity index (χ3n) is 6.78. The fourth-order valence-corrected chi connectivity index (χ4v) is 7.60. The minimum absolute atomic E-state index is 0.00706. The second kappa shape index (κ2) is 20.5. The zero-order chi connectivity index (χ0) is 42.7. The highest BCUT2D eigenvalue weighted by atomic mass is 32.3. The van der Waals surface area contributed by atoms with Gasteiger partial charge in [0.2, 0.25) is 0 Å². The van der Waals surface area contributed by atoms with Gasteiger partial charge in [0, 0.05) is 20.9 Å². The second-order valence-corrected chi connectivity index (χ2v) is 16.9. The number of aryl methyl sites for hydroxylation is 1. The number of sulfone groups is 1. The molecule has 4 aromatic carbocycles. The van der Waals surface area contributed by atoms with Gasteiger partial charge in [-0.15, -0.1) is 29.1 Å². The van der Waals surface area contributed by atoms with E-state index < -0.39 is 48.7 Å². The summed E-state index contributed by atoms with van der Waals surface area (Å²) in [5, 5.41) is 55.8. The number of phenols is 1. The number of thioether (sulfide) groups is 1. The first-order chi connectivity index (χ1) is 27.4. The van der Waals surface area contributed by atoms with Crippen LogP contribution in [0.5, 0.6) is 11.5 Å². The molecule has 0 aromatic heterocycles. The first kappa shape index (κ1) is 46.3. The predicted octanol–water partition coefficient (Wildman–Crippen LogP) is 6.49. The van der Waals surface area contributed by atoms with E-state index in [2.05, 4.69) is 57.9 Å². The average Bonchev–Trinajstić information content (AvgIpc) is 3.15. The van der Waals surface area contributed by atoms with Gasteiger partial charge in [-0.2, -0.15) is 16.8 Å². The Labute approximate surface area is 340 Å². The van der Waals surface area contributed by atoms with Crippen molar-refractivity contribution in [3.05, 3.63) is 54.1 Å². The summed E-state index contributed by atoms with van der Waals surface area (Å²) >= 11 is 1.60. The van der Waals surface area contributed by atoms with Crippen LogP contribution in [0, 0.1) is 18.3 Å². The number of azo groups is 2. The van der Waals surface area contributed by atoms with Gasteiger partial charge in [0.25, 0.3) is 0 Å². The summed E-state index contributed by atoms with van der Waals surface area (Å²) < 4.78 is 108. The molecule has 0 saturated heterocycles. The van der Waals surface area contributed by atoms with Gasteiger partial charge >= 0.3 is 20.8 Å². The number of ether oxygens (including phenoxy) is 1. The van der Waals surface area contributed by atoms with Gasteiger partial charge in [-0.3, -0.25) is 14.0 Å². The van der Waals surface area contributed by atoms with Crippen LogP contribution >= 0.6 is 35.8 Å². The molecule has 4 rings (SSSR count). The summed E-state index contributed by atoms with van der Waals surface area (Å²) in [6.07, 6.45) is 1.93. The van der Waals surface area contributed by atoms with E-state index in [1.165, 1.54) is 37.4 Å². The maximum absolute atomic E-state index is 12.8. The van der Waals surface area contributed by atoms with Crippen LogP contribution in [0.4, 0.5) is 28.4 Å². The van der Waals surface area contributed by atoms with Crippen LogP contribution in [0.1, 0.15) is 5.56 Å². The molecular weight excluding hydrogens is 903 g/mol.